The van der Waals surface area contributed by atoms with E-state index in [0.717, 1.165) is 36.1 Å². The minimum absolute atomic E-state index is 0.151. The highest BCUT2D eigenvalue weighted by molar-refractivity contribution is 6.47. The maximum atomic E-state index is 14.2. The molecule has 1 atom stereocenters. The van der Waals surface area contributed by atoms with Crippen LogP contribution in [0.5, 0.6) is 5.75 Å². The van der Waals surface area contributed by atoms with E-state index in [1.165, 1.54) is 12.1 Å². The molecule has 0 radical (unpaired) electrons. The molecule has 2 bridgehead atoms. The second-order valence-corrected chi connectivity index (χ2v) is 8.43. The van der Waals surface area contributed by atoms with Crippen molar-refractivity contribution >= 4 is 17.2 Å². The number of aromatic nitrogens is 2. The molecule has 5 rings (SSSR count). The lowest BCUT2D eigenvalue weighted by molar-refractivity contribution is 0.227. The Balaban J connectivity index is 1.74. The molecule has 1 unspecified atom stereocenters. The third kappa shape index (κ3) is 3.73. The molecule has 0 saturated heterocycles. The Kier molecular flexibility index (Phi) is 5.32. The number of pyridine rings is 1. The molecule has 8 nitrogen and oxygen atoms in total. The number of anilines is 1. The van der Waals surface area contributed by atoms with Crippen molar-refractivity contribution in [2.24, 2.45) is 5.10 Å². The average molecular weight is 449 g/mol. The second kappa shape index (κ2) is 8.31. The minimum Gasteiger partial charge on any atom is -0.482 e. The van der Waals surface area contributed by atoms with Crippen LogP contribution in [0.2, 0.25) is 0 Å². The van der Waals surface area contributed by atoms with Crippen LogP contribution in [0, 0.1) is 11.2 Å². The molecule has 170 valence electrons. The Morgan fingerprint density at radius 1 is 1.27 bits per heavy atom. The van der Waals surface area contributed by atoms with Gasteiger partial charge in [0.25, 0.3) is 0 Å². The zero-order valence-corrected chi connectivity index (χ0v) is 18.5. The van der Waals surface area contributed by atoms with Crippen molar-refractivity contribution in [3.8, 4) is 16.9 Å². The summed E-state index contributed by atoms with van der Waals surface area (Å²) in [6.07, 6.45) is 4.59. The zero-order valence-electron chi connectivity index (χ0n) is 18.5. The maximum Gasteiger partial charge on any atom is 0.166 e. The van der Waals surface area contributed by atoms with Crippen LogP contribution >= 0.6 is 0 Å². The predicted molar refractivity (Wildman–Crippen MR) is 123 cm³/mol. The molecule has 2 aliphatic rings. The summed E-state index contributed by atoms with van der Waals surface area (Å²) in [6, 6.07) is 6.11. The Hall–Kier alpha value is -3.75. The highest BCUT2D eigenvalue weighted by atomic mass is 19.1. The summed E-state index contributed by atoms with van der Waals surface area (Å²) in [5.74, 6) is 1.11. The number of nitrogens with zero attached hydrogens (tertiary/aromatic N) is 3. The van der Waals surface area contributed by atoms with E-state index in [2.05, 4.69) is 20.7 Å². The van der Waals surface area contributed by atoms with Crippen LogP contribution in [0.4, 0.5) is 10.2 Å². The maximum absolute atomic E-state index is 14.2. The van der Waals surface area contributed by atoms with Gasteiger partial charge in [0.15, 0.2) is 17.3 Å². The number of nitrogen functional groups attached to an aromatic ring is 1. The second-order valence-electron chi connectivity index (χ2n) is 8.43. The predicted octanol–water partition coefficient (Wildman–Crippen LogP) is 4.36. The highest BCUT2D eigenvalue weighted by Crippen LogP contribution is 2.43. The fourth-order valence-corrected chi connectivity index (χ4v) is 4.39. The van der Waals surface area contributed by atoms with Crippen LogP contribution in [-0.2, 0) is 6.42 Å². The third-order valence-corrected chi connectivity index (χ3v) is 6.34. The lowest BCUT2D eigenvalue weighted by Gasteiger charge is -2.25. The van der Waals surface area contributed by atoms with E-state index in [0.29, 0.717) is 34.3 Å². The smallest absolute Gasteiger partial charge is 0.166 e. The van der Waals surface area contributed by atoms with Crippen LogP contribution in [0.25, 0.3) is 11.1 Å². The molecule has 3 heterocycles. The highest BCUT2D eigenvalue weighted by Gasteiger charge is 2.31. The summed E-state index contributed by atoms with van der Waals surface area (Å²) < 4.78 is 26.2. The number of nitrogens with two attached hydrogens (primary N) is 1. The molecule has 3 aromatic rings. The van der Waals surface area contributed by atoms with Gasteiger partial charge in [0.05, 0.1) is 29.1 Å². The van der Waals surface area contributed by atoms with Crippen LogP contribution in [0.1, 0.15) is 60.8 Å². The van der Waals surface area contributed by atoms with Gasteiger partial charge in [-0.25, -0.2) is 9.37 Å². The summed E-state index contributed by atoms with van der Waals surface area (Å²) in [5.41, 5.74) is 13.0. The van der Waals surface area contributed by atoms with Crippen molar-refractivity contribution in [2.45, 2.75) is 44.6 Å². The molecule has 1 saturated carbocycles. The summed E-state index contributed by atoms with van der Waals surface area (Å²) in [5, 5.41) is 17.7. The zero-order chi connectivity index (χ0) is 23.1. The van der Waals surface area contributed by atoms with Gasteiger partial charge in [0.1, 0.15) is 11.9 Å². The molecule has 1 aliphatic carbocycles. The number of benzene rings is 1. The van der Waals surface area contributed by atoms with E-state index in [9.17, 15) is 4.39 Å². The summed E-state index contributed by atoms with van der Waals surface area (Å²) in [4.78, 5) is 4.35. The minimum atomic E-state index is -0.585. The standard InChI is InChI=1S/C24H25FN6O2/c1-12-17-9-15(25)6-7-16(17)22(26)18(30-28-2)10-19-21(23(31-33-19)13-4-3-5-13)14-8-20(32-12)24(27)29-11-14/h6-9,11-13,26,28H,3-5,10H2,1-2H3,(H2,27,29)/b26-22?,30-18-. The number of halogens is 1. The van der Waals surface area contributed by atoms with Gasteiger partial charge in [-0.15, -0.1) is 0 Å². The molecular formula is C24H25FN6O2. The fraction of sp³-hybridized carbons (Fsp3) is 0.333. The lowest BCUT2D eigenvalue weighted by atomic mass is 9.80. The van der Waals surface area contributed by atoms with Gasteiger partial charge in [0.2, 0.25) is 0 Å². The topological polar surface area (TPSA) is 122 Å². The van der Waals surface area contributed by atoms with Crippen molar-refractivity contribution in [1.29, 1.82) is 5.41 Å². The fourth-order valence-electron chi connectivity index (χ4n) is 4.39. The van der Waals surface area contributed by atoms with Gasteiger partial charge in [-0.1, -0.05) is 11.6 Å². The first-order chi connectivity index (χ1) is 16.0. The average Bonchev–Trinajstić information content (AvgIpc) is 3.15. The number of ether oxygens (including phenoxy) is 1. The number of hydrogen-bond acceptors (Lipinski definition) is 8. The van der Waals surface area contributed by atoms with Gasteiger partial charge in [-0.3, -0.25) is 5.41 Å². The van der Waals surface area contributed by atoms with Gasteiger partial charge < -0.3 is 20.4 Å². The molecule has 0 amide bonds. The normalized spacial score (nSPS) is 19.5. The first-order valence-corrected chi connectivity index (χ1v) is 11.0. The van der Waals surface area contributed by atoms with Crippen molar-refractivity contribution in [3.05, 3.63) is 58.9 Å². The molecule has 0 spiro atoms. The summed E-state index contributed by atoms with van der Waals surface area (Å²) in [7, 11) is 1.67. The number of hydrogen-bond donors (Lipinski definition) is 3. The van der Waals surface area contributed by atoms with Crippen molar-refractivity contribution in [2.75, 3.05) is 12.8 Å². The van der Waals surface area contributed by atoms with Gasteiger partial charge in [-0.05, 0) is 44.0 Å². The molecule has 33 heavy (non-hydrogen) atoms. The van der Waals surface area contributed by atoms with Crippen molar-refractivity contribution < 1.29 is 13.7 Å². The SMILES string of the molecule is CN/N=C1/Cc2onc(C3CCC3)c2-c2cnc(N)c(c2)OC(C)c2cc(F)ccc2C1=N. The van der Waals surface area contributed by atoms with E-state index in [4.69, 9.17) is 20.4 Å². The number of fused-ring (bicyclic) bond motifs is 5. The Morgan fingerprint density at radius 2 is 2.09 bits per heavy atom. The van der Waals surface area contributed by atoms with Gasteiger partial charge >= 0.3 is 0 Å². The molecule has 9 heteroatoms. The summed E-state index contributed by atoms with van der Waals surface area (Å²) >= 11 is 0. The first-order valence-electron chi connectivity index (χ1n) is 11.0. The molecular weight excluding hydrogens is 423 g/mol. The van der Waals surface area contributed by atoms with Crippen LogP contribution in [-0.4, -0.2) is 28.6 Å². The first kappa shape index (κ1) is 21.1. The number of rotatable bonds is 2. The number of nitrogens with one attached hydrogen (secondary N) is 2. The molecule has 4 N–H and O–H groups in total. The largest absolute Gasteiger partial charge is 0.482 e. The lowest BCUT2D eigenvalue weighted by Crippen LogP contribution is -2.23. The van der Waals surface area contributed by atoms with Gasteiger partial charge in [-0.2, -0.15) is 5.10 Å². The monoisotopic (exact) mass is 448 g/mol. The van der Waals surface area contributed by atoms with E-state index < -0.39 is 11.9 Å². The van der Waals surface area contributed by atoms with Crippen molar-refractivity contribution in [3.63, 3.8) is 0 Å². The van der Waals surface area contributed by atoms with Crippen LogP contribution in [0.15, 0.2) is 40.1 Å². The molecule has 1 aliphatic heterocycles. The Morgan fingerprint density at radius 3 is 2.82 bits per heavy atom. The summed E-state index contributed by atoms with van der Waals surface area (Å²) in [6.45, 7) is 1.79. The van der Waals surface area contributed by atoms with E-state index in [1.807, 2.05) is 6.07 Å². The Bertz CT molecular complexity index is 1260. The Labute approximate surface area is 190 Å². The van der Waals surface area contributed by atoms with Crippen LogP contribution in [0.3, 0.4) is 0 Å². The van der Waals surface area contributed by atoms with Crippen molar-refractivity contribution in [1.82, 2.24) is 15.6 Å². The van der Waals surface area contributed by atoms with Crippen LogP contribution < -0.4 is 15.9 Å². The third-order valence-electron chi connectivity index (χ3n) is 6.34. The molecule has 1 aromatic carbocycles. The van der Waals surface area contributed by atoms with Gasteiger partial charge in [0, 0.05) is 35.9 Å². The number of hydrazone groups is 1. The molecule has 1 fully saturated rings. The molecule has 2 aromatic heterocycles. The quantitative estimate of drug-likeness (QED) is 0.501. The van der Waals surface area contributed by atoms with E-state index in [1.54, 1.807) is 26.2 Å². The van der Waals surface area contributed by atoms with E-state index in [-0.39, 0.29) is 18.0 Å². The van der Waals surface area contributed by atoms with E-state index >= 15 is 0 Å².